The van der Waals surface area contributed by atoms with Crippen molar-refractivity contribution in [3.8, 4) is 0 Å². The van der Waals surface area contributed by atoms with Gasteiger partial charge in [0.1, 0.15) is 0 Å². The topological polar surface area (TPSA) is 26.3 Å². The van der Waals surface area contributed by atoms with Gasteiger partial charge in [0.2, 0.25) is 0 Å². The van der Waals surface area contributed by atoms with Crippen molar-refractivity contribution in [2.75, 3.05) is 6.61 Å². The molecule has 0 aromatic rings. The van der Waals surface area contributed by atoms with Gasteiger partial charge in [-0.1, -0.05) is 33.6 Å². The van der Waals surface area contributed by atoms with E-state index in [0.29, 0.717) is 6.61 Å². The van der Waals surface area contributed by atoms with Gasteiger partial charge in [-0.2, -0.15) is 0 Å². The zero-order chi connectivity index (χ0) is 11.3. The minimum absolute atomic E-state index is 0.0260. The van der Waals surface area contributed by atoms with Crippen molar-refractivity contribution >= 4 is 5.97 Å². The lowest BCUT2D eigenvalue weighted by Gasteiger charge is -2.39. The number of hydrogen-bond donors (Lipinski definition) is 0. The third-order valence-corrected chi connectivity index (χ3v) is 3.84. The number of rotatable bonds is 5. The second-order valence-corrected chi connectivity index (χ2v) is 4.87. The van der Waals surface area contributed by atoms with Crippen LogP contribution in [-0.4, -0.2) is 12.6 Å². The average Bonchev–Trinajstić information content (AvgIpc) is 2.28. The molecular formula is C13H24O2. The van der Waals surface area contributed by atoms with Crippen LogP contribution in [0.5, 0.6) is 0 Å². The van der Waals surface area contributed by atoms with E-state index in [2.05, 4.69) is 20.8 Å². The Hall–Kier alpha value is -0.530. The van der Waals surface area contributed by atoms with Crippen molar-refractivity contribution in [2.45, 2.75) is 59.3 Å². The Morgan fingerprint density at radius 2 is 2.13 bits per heavy atom. The van der Waals surface area contributed by atoms with Crippen LogP contribution in [0.3, 0.4) is 0 Å². The second-order valence-electron chi connectivity index (χ2n) is 4.87. The summed E-state index contributed by atoms with van der Waals surface area (Å²) in [7, 11) is 0. The van der Waals surface area contributed by atoms with Crippen LogP contribution >= 0.6 is 0 Å². The Kier molecular flexibility index (Phi) is 4.62. The summed E-state index contributed by atoms with van der Waals surface area (Å²) in [5.41, 5.74) is 0.282. The molecule has 1 rings (SSSR count). The van der Waals surface area contributed by atoms with E-state index >= 15 is 0 Å². The first kappa shape index (κ1) is 12.5. The molecular weight excluding hydrogens is 188 g/mol. The van der Waals surface area contributed by atoms with Gasteiger partial charge in [0.05, 0.1) is 12.5 Å². The summed E-state index contributed by atoms with van der Waals surface area (Å²) in [6.07, 6.45) is 6.79. The lowest BCUT2D eigenvalue weighted by molar-refractivity contribution is -0.163. The molecule has 1 aliphatic rings. The quantitative estimate of drug-likeness (QED) is 0.651. The Bertz CT molecular complexity index is 213. The van der Waals surface area contributed by atoms with Gasteiger partial charge in [0.15, 0.2) is 0 Å². The SMILES string of the molecule is CCCCC1(CC)COC(=O)C(CC)C1. The lowest BCUT2D eigenvalue weighted by Crippen LogP contribution is -2.39. The van der Waals surface area contributed by atoms with Crippen molar-refractivity contribution in [2.24, 2.45) is 11.3 Å². The van der Waals surface area contributed by atoms with Crippen LogP contribution in [0.2, 0.25) is 0 Å². The molecule has 0 bridgehead atoms. The van der Waals surface area contributed by atoms with Crippen molar-refractivity contribution in [1.82, 2.24) is 0 Å². The summed E-state index contributed by atoms with van der Waals surface area (Å²) < 4.78 is 5.35. The standard InChI is InChI=1S/C13H24O2/c1-4-7-8-13(6-3)9-11(5-2)12(14)15-10-13/h11H,4-10H2,1-3H3. The number of hydrogen-bond acceptors (Lipinski definition) is 2. The van der Waals surface area contributed by atoms with Gasteiger partial charge in [-0.25, -0.2) is 0 Å². The van der Waals surface area contributed by atoms with E-state index in [1.54, 1.807) is 0 Å². The highest BCUT2D eigenvalue weighted by atomic mass is 16.5. The highest BCUT2D eigenvalue weighted by Crippen LogP contribution is 2.40. The smallest absolute Gasteiger partial charge is 0.308 e. The fraction of sp³-hybridized carbons (Fsp3) is 0.923. The third-order valence-electron chi connectivity index (χ3n) is 3.84. The highest BCUT2D eigenvalue weighted by Gasteiger charge is 2.39. The fourth-order valence-corrected chi connectivity index (χ4v) is 2.47. The molecule has 1 saturated heterocycles. The maximum Gasteiger partial charge on any atom is 0.308 e. The second kappa shape index (κ2) is 5.53. The average molecular weight is 212 g/mol. The van der Waals surface area contributed by atoms with Crippen molar-refractivity contribution in [1.29, 1.82) is 0 Å². The molecule has 0 aromatic carbocycles. The van der Waals surface area contributed by atoms with Crippen LogP contribution in [0, 0.1) is 11.3 Å². The van der Waals surface area contributed by atoms with Crippen molar-refractivity contribution < 1.29 is 9.53 Å². The molecule has 0 spiro atoms. The van der Waals surface area contributed by atoms with Gasteiger partial charge < -0.3 is 4.74 Å². The van der Waals surface area contributed by atoms with Crippen LogP contribution in [0.25, 0.3) is 0 Å². The highest BCUT2D eigenvalue weighted by molar-refractivity contribution is 5.73. The molecule has 1 fully saturated rings. The van der Waals surface area contributed by atoms with Gasteiger partial charge >= 0.3 is 5.97 Å². The largest absolute Gasteiger partial charge is 0.465 e. The number of esters is 1. The van der Waals surface area contributed by atoms with Crippen LogP contribution < -0.4 is 0 Å². The van der Waals surface area contributed by atoms with E-state index in [9.17, 15) is 4.79 Å². The van der Waals surface area contributed by atoms with Gasteiger partial charge in [0, 0.05) is 5.41 Å². The van der Waals surface area contributed by atoms with E-state index in [-0.39, 0.29) is 17.3 Å². The van der Waals surface area contributed by atoms with E-state index in [1.165, 1.54) is 19.3 Å². The monoisotopic (exact) mass is 212 g/mol. The normalized spacial score (nSPS) is 31.4. The minimum Gasteiger partial charge on any atom is -0.465 e. The number of carbonyl (C=O) groups excluding carboxylic acids is 1. The zero-order valence-corrected chi connectivity index (χ0v) is 10.3. The van der Waals surface area contributed by atoms with E-state index in [4.69, 9.17) is 4.74 Å². The number of ether oxygens (including phenoxy) is 1. The first-order valence-electron chi connectivity index (χ1n) is 6.34. The summed E-state index contributed by atoms with van der Waals surface area (Å²) in [5.74, 6) is 0.175. The molecule has 2 unspecified atom stereocenters. The molecule has 0 N–H and O–H groups in total. The van der Waals surface area contributed by atoms with Gasteiger partial charge in [0.25, 0.3) is 0 Å². The molecule has 0 radical (unpaired) electrons. The van der Waals surface area contributed by atoms with Crippen LogP contribution in [0.15, 0.2) is 0 Å². The molecule has 0 saturated carbocycles. The molecule has 88 valence electrons. The molecule has 2 heteroatoms. The Balaban J connectivity index is 2.61. The van der Waals surface area contributed by atoms with Crippen molar-refractivity contribution in [3.05, 3.63) is 0 Å². The minimum atomic E-state index is 0.0260. The van der Waals surface area contributed by atoms with Crippen LogP contribution in [0.1, 0.15) is 59.3 Å². The summed E-state index contributed by atoms with van der Waals surface area (Å²) >= 11 is 0. The maximum atomic E-state index is 11.5. The Labute approximate surface area is 93.4 Å². The van der Waals surface area contributed by atoms with Crippen LogP contribution in [0.4, 0.5) is 0 Å². The molecule has 0 amide bonds. The van der Waals surface area contributed by atoms with E-state index < -0.39 is 0 Å². The fourth-order valence-electron chi connectivity index (χ4n) is 2.47. The molecule has 0 aromatic heterocycles. The summed E-state index contributed by atoms with van der Waals surface area (Å²) in [5, 5.41) is 0. The van der Waals surface area contributed by atoms with Crippen LogP contribution in [-0.2, 0) is 9.53 Å². The zero-order valence-electron chi connectivity index (χ0n) is 10.3. The van der Waals surface area contributed by atoms with E-state index in [0.717, 1.165) is 19.3 Å². The lowest BCUT2D eigenvalue weighted by atomic mass is 9.72. The number of cyclic esters (lactones) is 1. The molecule has 1 heterocycles. The maximum absolute atomic E-state index is 11.5. The first-order chi connectivity index (χ1) is 7.17. The summed E-state index contributed by atoms with van der Waals surface area (Å²) in [4.78, 5) is 11.5. The first-order valence-corrected chi connectivity index (χ1v) is 6.34. The van der Waals surface area contributed by atoms with Gasteiger partial charge in [-0.15, -0.1) is 0 Å². The third kappa shape index (κ3) is 2.96. The molecule has 2 nitrogen and oxygen atoms in total. The van der Waals surface area contributed by atoms with E-state index in [1.807, 2.05) is 0 Å². The Morgan fingerprint density at radius 1 is 1.40 bits per heavy atom. The predicted octanol–water partition coefficient (Wildman–Crippen LogP) is 3.55. The Morgan fingerprint density at radius 3 is 2.67 bits per heavy atom. The molecule has 15 heavy (non-hydrogen) atoms. The van der Waals surface area contributed by atoms with Gasteiger partial charge in [-0.3, -0.25) is 4.79 Å². The summed E-state index contributed by atoms with van der Waals surface area (Å²) in [6.45, 7) is 7.17. The molecule has 1 aliphatic heterocycles. The summed E-state index contributed by atoms with van der Waals surface area (Å²) in [6, 6.07) is 0. The molecule has 2 atom stereocenters. The van der Waals surface area contributed by atoms with Crippen molar-refractivity contribution in [3.63, 3.8) is 0 Å². The number of carbonyl (C=O) groups is 1. The molecule has 0 aliphatic carbocycles. The predicted molar refractivity (Wildman–Crippen MR) is 61.6 cm³/mol. The van der Waals surface area contributed by atoms with Gasteiger partial charge in [-0.05, 0) is 25.7 Å². The number of unbranched alkanes of at least 4 members (excludes halogenated alkanes) is 1.